The lowest BCUT2D eigenvalue weighted by Gasteiger charge is -2.14. The van der Waals surface area contributed by atoms with Crippen LogP contribution in [0.3, 0.4) is 0 Å². The van der Waals surface area contributed by atoms with Crippen molar-refractivity contribution in [2.24, 2.45) is 0 Å². The Kier molecular flexibility index (Phi) is 6.79. The predicted molar refractivity (Wildman–Crippen MR) is 118 cm³/mol. The summed E-state index contributed by atoms with van der Waals surface area (Å²) in [6.07, 6.45) is 0. The maximum atomic E-state index is 12.6. The minimum atomic E-state index is -0.436. The Morgan fingerprint density at radius 3 is 2.40 bits per heavy atom. The number of carbonyl (C=O) groups excluding carboxylic acids is 1. The summed E-state index contributed by atoms with van der Waals surface area (Å²) < 4.78 is 11.8. The topological polar surface area (TPSA) is 82.5 Å². The van der Waals surface area contributed by atoms with Crippen molar-refractivity contribution in [1.29, 1.82) is 0 Å². The number of ether oxygens (including phenoxy) is 2. The molecule has 1 atom stereocenters. The van der Waals surface area contributed by atoms with Gasteiger partial charge >= 0.3 is 0 Å². The van der Waals surface area contributed by atoms with Gasteiger partial charge in [0, 0.05) is 17.8 Å². The summed E-state index contributed by atoms with van der Waals surface area (Å²) in [5.41, 5.74) is 2.14. The molecule has 0 bridgehead atoms. The monoisotopic (exact) mass is 425 g/mol. The lowest BCUT2D eigenvalue weighted by molar-refractivity contribution is -0.115. The van der Waals surface area contributed by atoms with Crippen molar-refractivity contribution >= 4 is 23.4 Å². The molecule has 0 aliphatic rings. The fraction of sp³-hybridized carbons (Fsp3) is 0.227. The minimum absolute atomic E-state index is 0.192. The molecule has 0 radical (unpaired) electrons. The molecule has 3 rings (SSSR count). The maximum absolute atomic E-state index is 12.6. The van der Waals surface area contributed by atoms with Crippen molar-refractivity contribution in [3.8, 4) is 17.2 Å². The van der Waals surface area contributed by atoms with Gasteiger partial charge in [-0.05, 0) is 44.2 Å². The molecule has 0 aliphatic heterocycles. The van der Waals surface area contributed by atoms with Crippen LogP contribution in [0, 0.1) is 6.92 Å². The number of nitrogens with zero attached hydrogens (tertiary/aromatic N) is 2. The molecule has 156 valence electrons. The maximum Gasteiger partial charge on any atom is 0.271 e. The number of aromatic nitrogens is 2. The lowest BCUT2D eigenvalue weighted by Crippen LogP contribution is -2.24. The van der Waals surface area contributed by atoms with E-state index in [0.717, 1.165) is 5.56 Å². The van der Waals surface area contributed by atoms with Gasteiger partial charge in [0.2, 0.25) is 5.91 Å². The molecule has 30 heavy (non-hydrogen) atoms. The molecule has 7 nitrogen and oxygen atoms in total. The van der Waals surface area contributed by atoms with E-state index in [1.54, 1.807) is 38.3 Å². The number of hydrogen-bond acceptors (Lipinski definition) is 6. The van der Waals surface area contributed by atoms with E-state index in [1.807, 2.05) is 31.2 Å². The van der Waals surface area contributed by atoms with Crippen molar-refractivity contribution in [3.05, 3.63) is 70.5 Å². The first-order valence-electron chi connectivity index (χ1n) is 9.28. The van der Waals surface area contributed by atoms with Gasteiger partial charge in [-0.15, -0.1) is 0 Å². The fourth-order valence-electron chi connectivity index (χ4n) is 2.72. The summed E-state index contributed by atoms with van der Waals surface area (Å²) in [6.45, 7) is 3.76. The number of hydrogen-bond donors (Lipinski definition) is 1. The van der Waals surface area contributed by atoms with Crippen LogP contribution < -0.4 is 20.3 Å². The number of anilines is 1. The number of nitrogens with one attached hydrogen (secondary N) is 1. The highest BCUT2D eigenvalue weighted by atomic mass is 32.2. The van der Waals surface area contributed by atoms with Crippen LogP contribution in [0.4, 0.5) is 5.69 Å². The Morgan fingerprint density at radius 1 is 1.03 bits per heavy atom. The second kappa shape index (κ2) is 9.49. The molecule has 0 saturated heterocycles. The normalized spacial score (nSPS) is 11.6. The van der Waals surface area contributed by atoms with Crippen LogP contribution in [-0.2, 0) is 4.79 Å². The first-order valence-corrected chi connectivity index (χ1v) is 10.2. The molecule has 1 aromatic heterocycles. The number of thioether (sulfide) groups is 1. The smallest absolute Gasteiger partial charge is 0.271 e. The highest BCUT2D eigenvalue weighted by molar-refractivity contribution is 8.00. The van der Waals surface area contributed by atoms with E-state index in [4.69, 9.17) is 9.47 Å². The first kappa shape index (κ1) is 21.4. The van der Waals surface area contributed by atoms with E-state index in [0.29, 0.717) is 27.9 Å². The molecule has 8 heteroatoms. The van der Waals surface area contributed by atoms with Gasteiger partial charge in [0.15, 0.2) is 11.5 Å². The van der Waals surface area contributed by atoms with Gasteiger partial charge in [-0.25, -0.2) is 0 Å². The molecule has 1 amide bonds. The lowest BCUT2D eigenvalue weighted by atomic mass is 10.2. The average Bonchev–Trinajstić information content (AvgIpc) is 2.75. The Morgan fingerprint density at radius 2 is 1.73 bits per heavy atom. The highest BCUT2D eigenvalue weighted by Crippen LogP contribution is 2.30. The van der Waals surface area contributed by atoms with Gasteiger partial charge in [0.1, 0.15) is 5.03 Å². The van der Waals surface area contributed by atoms with Crippen molar-refractivity contribution in [3.63, 3.8) is 0 Å². The van der Waals surface area contributed by atoms with Gasteiger partial charge in [0.25, 0.3) is 5.56 Å². The molecule has 0 fully saturated rings. The van der Waals surface area contributed by atoms with Crippen LogP contribution in [0.2, 0.25) is 0 Å². The second-order valence-corrected chi connectivity index (χ2v) is 7.94. The van der Waals surface area contributed by atoms with Gasteiger partial charge in [-0.3, -0.25) is 9.59 Å². The van der Waals surface area contributed by atoms with Crippen molar-refractivity contribution in [2.75, 3.05) is 19.5 Å². The number of amides is 1. The third-order valence-corrected chi connectivity index (χ3v) is 5.40. The molecule has 2 aromatic carbocycles. The molecular weight excluding hydrogens is 402 g/mol. The van der Waals surface area contributed by atoms with Crippen LogP contribution in [0.25, 0.3) is 5.69 Å². The summed E-state index contributed by atoms with van der Waals surface area (Å²) in [7, 11) is 3.09. The minimum Gasteiger partial charge on any atom is -0.493 e. The predicted octanol–water partition coefficient (Wildman–Crippen LogP) is 3.68. The quantitative estimate of drug-likeness (QED) is 0.582. The zero-order valence-corrected chi connectivity index (χ0v) is 18.0. The van der Waals surface area contributed by atoms with Gasteiger partial charge in [0.05, 0.1) is 25.2 Å². The van der Waals surface area contributed by atoms with Crippen LogP contribution in [-0.4, -0.2) is 35.2 Å². The number of rotatable bonds is 7. The average molecular weight is 426 g/mol. The Labute approximate surface area is 179 Å². The second-order valence-electron chi connectivity index (χ2n) is 6.58. The summed E-state index contributed by atoms with van der Waals surface area (Å²) in [5, 5.41) is 7.40. The molecule has 3 aromatic rings. The van der Waals surface area contributed by atoms with Crippen LogP contribution in [0.5, 0.6) is 11.5 Å². The number of carbonyl (C=O) groups is 1. The molecular formula is C22H23N3O4S. The summed E-state index contributed by atoms with van der Waals surface area (Å²) >= 11 is 1.27. The van der Waals surface area contributed by atoms with Gasteiger partial charge in [-0.2, -0.15) is 9.78 Å². The summed E-state index contributed by atoms with van der Waals surface area (Å²) in [5.74, 6) is 0.921. The third-order valence-electron chi connectivity index (χ3n) is 4.37. The zero-order valence-electron chi connectivity index (χ0n) is 17.2. The SMILES string of the molecule is COc1ccc(NC(=O)[C@@H](C)Sc2ccc(=O)n(-c3ccc(C)cc3)n2)cc1OC. The van der Waals surface area contributed by atoms with Crippen LogP contribution >= 0.6 is 11.8 Å². The van der Waals surface area contributed by atoms with Gasteiger partial charge < -0.3 is 14.8 Å². The molecule has 0 unspecified atom stereocenters. The Hall–Kier alpha value is -3.26. The van der Waals surface area contributed by atoms with Gasteiger partial charge in [-0.1, -0.05) is 29.5 Å². The molecule has 0 spiro atoms. The Bertz CT molecular complexity index is 1100. The van der Waals surface area contributed by atoms with Crippen molar-refractivity contribution in [1.82, 2.24) is 9.78 Å². The van der Waals surface area contributed by atoms with E-state index in [1.165, 1.54) is 29.6 Å². The van der Waals surface area contributed by atoms with Crippen molar-refractivity contribution < 1.29 is 14.3 Å². The molecule has 0 saturated carbocycles. The van der Waals surface area contributed by atoms with E-state index in [9.17, 15) is 9.59 Å². The largest absolute Gasteiger partial charge is 0.493 e. The molecule has 0 aliphatic carbocycles. The highest BCUT2D eigenvalue weighted by Gasteiger charge is 2.17. The van der Waals surface area contributed by atoms with E-state index in [-0.39, 0.29) is 11.5 Å². The number of methoxy groups -OCH3 is 2. The number of aryl methyl sites for hydroxylation is 1. The van der Waals surface area contributed by atoms with E-state index >= 15 is 0 Å². The zero-order chi connectivity index (χ0) is 21.7. The Balaban J connectivity index is 1.73. The van der Waals surface area contributed by atoms with Crippen LogP contribution in [0.15, 0.2) is 64.4 Å². The first-order chi connectivity index (χ1) is 14.4. The standard InChI is InChI=1S/C22H23N3O4S/c1-14-5-8-17(9-6-14)25-21(26)12-11-20(24-25)30-15(2)22(27)23-16-7-10-18(28-3)19(13-16)29-4/h5-13,15H,1-4H3,(H,23,27)/t15-/m1/s1. The fourth-order valence-corrected chi connectivity index (χ4v) is 3.52. The number of benzene rings is 2. The molecule has 1 N–H and O–H groups in total. The third kappa shape index (κ3) is 5.01. The van der Waals surface area contributed by atoms with E-state index in [2.05, 4.69) is 10.4 Å². The van der Waals surface area contributed by atoms with Crippen LogP contribution in [0.1, 0.15) is 12.5 Å². The summed E-state index contributed by atoms with van der Waals surface area (Å²) in [4.78, 5) is 24.9. The summed E-state index contributed by atoms with van der Waals surface area (Å²) in [6, 6.07) is 15.8. The van der Waals surface area contributed by atoms with Crippen molar-refractivity contribution in [2.45, 2.75) is 24.1 Å². The molecule has 1 heterocycles. The van der Waals surface area contributed by atoms with E-state index < -0.39 is 5.25 Å².